The van der Waals surface area contributed by atoms with Crippen LogP contribution in [0.2, 0.25) is 0 Å². The topological polar surface area (TPSA) is 61.4 Å². The Morgan fingerprint density at radius 2 is 2.00 bits per heavy atom. The van der Waals surface area contributed by atoms with E-state index in [2.05, 4.69) is 10.6 Å². The Balaban J connectivity index is 1.65. The van der Waals surface area contributed by atoms with E-state index in [1.54, 1.807) is 12.1 Å². The molecule has 0 aromatic heterocycles. The van der Waals surface area contributed by atoms with Gasteiger partial charge in [-0.05, 0) is 49.4 Å². The summed E-state index contributed by atoms with van der Waals surface area (Å²) in [5, 5.41) is 6.17. The van der Waals surface area contributed by atoms with Crippen LogP contribution in [0.1, 0.15) is 36.5 Å². The third-order valence-corrected chi connectivity index (χ3v) is 4.87. The Hall–Kier alpha value is -1.88. The molecule has 2 saturated heterocycles. The van der Waals surface area contributed by atoms with Crippen LogP contribution in [0.15, 0.2) is 24.3 Å². The highest BCUT2D eigenvalue weighted by molar-refractivity contribution is 5.96. The number of likely N-dealkylation sites (tertiary alicyclic amines) is 1. The van der Waals surface area contributed by atoms with Crippen molar-refractivity contribution in [2.45, 2.75) is 26.2 Å². The van der Waals surface area contributed by atoms with Gasteiger partial charge < -0.3 is 15.5 Å². The minimum absolute atomic E-state index is 0.0630. The number of benzene rings is 1. The van der Waals surface area contributed by atoms with Crippen molar-refractivity contribution < 1.29 is 9.59 Å². The monoisotopic (exact) mass is 301 g/mol. The maximum Gasteiger partial charge on any atom is 0.253 e. The van der Waals surface area contributed by atoms with Gasteiger partial charge in [-0.2, -0.15) is 0 Å². The third kappa shape index (κ3) is 3.14. The summed E-state index contributed by atoms with van der Waals surface area (Å²) in [6.45, 7) is 5.31. The summed E-state index contributed by atoms with van der Waals surface area (Å²) in [5.41, 5.74) is 1.73. The zero-order valence-electron chi connectivity index (χ0n) is 13.0. The maximum atomic E-state index is 12.6. The van der Waals surface area contributed by atoms with Crippen LogP contribution in [0, 0.1) is 5.41 Å². The molecular formula is C17H23N3O2. The molecule has 2 aliphatic rings. The molecule has 5 heteroatoms. The van der Waals surface area contributed by atoms with Crippen molar-refractivity contribution in [3.63, 3.8) is 0 Å². The average Bonchev–Trinajstić information content (AvgIpc) is 2.95. The molecule has 0 unspecified atom stereocenters. The molecule has 3 rings (SSSR count). The second-order valence-corrected chi connectivity index (χ2v) is 6.48. The van der Waals surface area contributed by atoms with Crippen LogP contribution in [0.4, 0.5) is 5.69 Å². The van der Waals surface area contributed by atoms with Gasteiger partial charge in [-0.1, -0.05) is 6.07 Å². The molecule has 2 heterocycles. The predicted molar refractivity (Wildman–Crippen MR) is 85.8 cm³/mol. The lowest BCUT2D eigenvalue weighted by Gasteiger charge is -2.39. The van der Waals surface area contributed by atoms with Gasteiger partial charge in [0.2, 0.25) is 5.91 Å². The molecule has 1 aromatic rings. The second kappa shape index (κ2) is 6.08. The van der Waals surface area contributed by atoms with E-state index in [1.807, 2.05) is 17.0 Å². The van der Waals surface area contributed by atoms with Crippen LogP contribution in [-0.2, 0) is 4.79 Å². The van der Waals surface area contributed by atoms with Gasteiger partial charge in [0.1, 0.15) is 0 Å². The Labute approximate surface area is 131 Å². The molecule has 2 N–H and O–H groups in total. The van der Waals surface area contributed by atoms with E-state index in [0.29, 0.717) is 16.7 Å². The van der Waals surface area contributed by atoms with Crippen molar-refractivity contribution in [2.24, 2.45) is 5.41 Å². The molecule has 0 saturated carbocycles. The highest BCUT2D eigenvalue weighted by atomic mass is 16.2. The zero-order valence-corrected chi connectivity index (χ0v) is 13.0. The fourth-order valence-corrected chi connectivity index (χ4v) is 3.52. The number of carbonyl (C=O) groups excluding carboxylic acids is 2. The molecule has 1 spiro atoms. The van der Waals surface area contributed by atoms with Gasteiger partial charge in [-0.25, -0.2) is 0 Å². The summed E-state index contributed by atoms with van der Waals surface area (Å²) in [4.78, 5) is 25.7. The fourth-order valence-electron chi connectivity index (χ4n) is 3.52. The number of nitrogens with one attached hydrogen (secondary N) is 2. The number of piperidine rings is 1. The van der Waals surface area contributed by atoms with Gasteiger partial charge in [0.05, 0.1) is 0 Å². The van der Waals surface area contributed by atoms with E-state index < -0.39 is 0 Å². The molecule has 118 valence electrons. The fraction of sp³-hybridized carbons (Fsp3) is 0.529. The summed E-state index contributed by atoms with van der Waals surface area (Å²) in [6, 6.07) is 7.18. The number of hydrogen-bond acceptors (Lipinski definition) is 3. The van der Waals surface area contributed by atoms with Crippen LogP contribution >= 0.6 is 0 Å². The van der Waals surface area contributed by atoms with Gasteiger partial charge >= 0.3 is 0 Å². The van der Waals surface area contributed by atoms with Crippen molar-refractivity contribution in [1.82, 2.24) is 10.2 Å². The van der Waals surface area contributed by atoms with Gasteiger partial charge in [0.25, 0.3) is 5.91 Å². The molecule has 2 aliphatic heterocycles. The Kier molecular flexibility index (Phi) is 4.16. The van der Waals surface area contributed by atoms with Gasteiger partial charge in [0.15, 0.2) is 0 Å². The molecule has 5 nitrogen and oxygen atoms in total. The first-order valence-electron chi connectivity index (χ1n) is 7.96. The molecule has 1 aromatic carbocycles. The lowest BCUT2D eigenvalue weighted by Crippen LogP contribution is -2.44. The first-order valence-corrected chi connectivity index (χ1v) is 7.96. The van der Waals surface area contributed by atoms with Crippen LogP contribution < -0.4 is 10.6 Å². The first-order chi connectivity index (χ1) is 10.6. The van der Waals surface area contributed by atoms with Gasteiger partial charge in [-0.15, -0.1) is 0 Å². The molecule has 2 amide bonds. The number of amides is 2. The van der Waals surface area contributed by atoms with Crippen LogP contribution in [-0.4, -0.2) is 42.9 Å². The number of nitrogens with zero attached hydrogens (tertiary/aromatic N) is 1. The molecular weight excluding hydrogens is 278 g/mol. The summed E-state index contributed by atoms with van der Waals surface area (Å²) >= 11 is 0. The van der Waals surface area contributed by atoms with Crippen molar-refractivity contribution in [3.8, 4) is 0 Å². The van der Waals surface area contributed by atoms with E-state index >= 15 is 0 Å². The van der Waals surface area contributed by atoms with Crippen molar-refractivity contribution in [1.29, 1.82) is 0 Å². The largest absolute Gasteiger partial charge is 0.339 e. The van der Waals surface area contributed by atoms with Crippen LogP contribution in [0.25, 0.3) is 0 Å². The zero-order chi connectivity index (χ0) is 15.6. The summed E-state index contributed by atoms with van der Waals surface area (Å²) < 4.78 is 0. The third-order valence-electron chi connectivity index (χ3n) is 4.87. The summed E-state index contributed by atoms with van der Waals surface area (Å²) in [5.74, 6) is -0.0637. The van der Waals surface area contributed by atoms with Crippen LogP contribution in [0.5, 0.6) is 0 Å². The van der Waals surface area contributed by atoms with E-state index in [4.69, 9.17) is 0 Å². The van der Waals surface area contributed by atoms with Crippen molar-refractivity contribution >= 4 is 17.5 Å². The average molecular weight is 301 g/mol. The molecule has 0 radical (unpaired) electrons. The van der Waals surface area contributed by atoms with Gasteiger partial charge in [-0.3, -0.25) is 9.59 Å². The normalized spacial score (nSPS) is 20.1. The summed E-state index contributed by atoms with van der Waals surface area (Å²) in [7, 11) is 0. The number of carbonyl (C=O) groups is 2. The Morgan fingerprint density at radius 3 is 2.64 bits per heavy atom. The number of rotatable bonds is 2. The van der Waals surface area contributed by atoms with Crippen molar-refractivity contribution in [2.75, 3.05) is 31.5 Å². The molecule has 0 bridgehead atoms. The Bertz CT molecular complexity index is 569. The van der Waals surface area contributed by atoms with Crippen LogP contribution in [0.3, 0.4) is 0 Å². The van der Waals surface area contributed by atoms with E-state index in [-0.39, 0.29) is 11.8 Å². The lowest BCUT2D eigenvalue weighted by molar-refractivity contribution is -0.114. The summed E-state index contributed by atoms with van der Waals surface area (Å²) in [6.07, 6.45) is 3.39. The quantitative estimate of drug-likeness (QED) is 0.876. The van der Waals surface area contributed by atoms with E-state index in [9.17, 15) is 9.59 Å². The second-order valence-electron chi connectivity index (χ2n) is 6.48. The Morgan fingerprint density at radius 1 is 1.23 bits per heavy atom. The van der Waals surface area contributed by atoms with E-state index in [1.165, 1.54) is 13.3 Å². The maximum absolute atomic E-state index is 12.6. The smallest absolute Gasteiger partial charge is 0.253 e. The predicted octanol–water partition coefficient (Wildman–Crippen LogP) is 1.86. The molecule has 0 atom stereocenters. The van der Waals surface area contributed by atoms with E-state index in [0.717, 1.165) is 39.0 Å². The van der Waals surface area contributed by atoms with Gasteiger partial charge in [0, 0.05) is 37.8 Å². The molecule has 2 fully saturated rings. The van der Waals surface area contributed by atoms with Crippen molar-refractivity contribution in [3.05, 3.63) is 29.8 Å². The first kappa shape index (κ1) is 15.0. The highest BCUT2D eigenvalue weighted by Crippen LogP contribution is 2.37. The SMILES string of the molecule is CC(=O)Nc1cccc(C(=O)N2CCC3(CCNC3)CC2)c1. The number of hydrogen-bond donors (Lipinski definition) is 2. The standard InChI is InChI=1S/C17H23N3O2/c1-13(21)19-15-4-2-3-14(11-15)16(22)20-9-6-17(7-10-20)5-8-18-12-17/h2-4,11,18H,5-10,12H2,1H3,(H,19,21). The molecule has 22 heavy (non-hydrogen) atoms. The minimum Gasteiger partial charge on any atom is -0.339 e. The number of anilines is 1. The highest BCUT2D eigenvalue weighted by Gasteiger charge is 2.38. The minimum atomic E-state index is -0.127. The molecule has 0 aliphatic carbocycles. The lowest BCUT2D eigenvalue weighted by atomic mass is 9.78.